The fourth-order valence-electron chi connectivity index (χ4n) is 4.43. The highest BCUT2D eigenvalue weighted by Crippen LogP contribution is 2.30. The van der Waals surface area contributed by atoms with Gasteiger partial charge in [-0.3, -0.25) is 14.3 Å². The number of anilines is 4. The van der Waals surface area contributed by atoms with E-state index in [2.05, 4.69) is 30.8 Å². The van der Waals surface area contributed by atoms with Crippen molar-refractivity contribution in [2.45, 2.75) is 13.1 Å². The van der Waals surface area contributed by atoms with Crippen molar-refractivity contribution >= 4 is 29.0 Å². The summed E-state index contributed by atoms with van der Waals surface area (Å²) in [5.74, 6) is 0.642. The Morgan fingerprint density at radius 3 is 2.66 bits per heavy atom. The number of halogens is 3. The van der Waals surface area contributed by atoms with E-state index >= 15 is 0 Å². The molecule has 0 unspecified atom stereocenters. The van der Waals surface area contributed by atoms with E-state index < -0.39 is 17.6 Å². The van der Waals surface area contributed by atoms with E-state index in [9.17, 15) is 18.0 Å². The molecule has 3 heterocycles. The van der Waals surface area contributed by atoms with Crippen LogP contribution in [0.2, 0.25) is 0 Å². The Hall–Kier alpha value is -4.42. The monoisotopic (exact) mass is 565 g/mol. The van der Waals surface area contributed by atoms with Crippen molar-refractivity contribution in [3.63, 3.8) is 0 Å². The van der Waals surface area contributed by atoms with Crippen LogP contribution >= 0.6 is 0 Å². The lowest BCUT2D eigenvalue weighted by Crippen LogP contribution is -2.39. The van der Waals surface area contributed by atoms with E-state index in [0.717, 1.165) is 68.6 Å². The molecule has 0 atom stereocenters. The Balaban J connectivity index is 1.27. The maximum atomic E-state index is 13.1. The molecular weight excluding hydrogens is 535 g/mol. The molecule has 0 spiro atoms. The number of nitrogens with zero attached hydrogens (tertiary/aromatic N) is 4. The van der Waals surface area contributed by atoms with E-state index in [1.807, 2.05) is 29.8 Å². The van der Waals surface area contributed by atoms with E-state index in [0.29, 0.717) is 17.3 Å². The molecule has 12 heteroatoms. The third-order valence-electron chi connectivity index (χ3n) is 6.69. The van der Waals surface area contributed by atoms with E-state index in [1.54, 1.807) is 30.6 Å². The SMILES string of the molecule is Cc1ccc(NC(=O)c2cccc(C(F)(F)F)c2)cc1Nc1nccn1-c1ccnc(NCCN2CCOCC2)c1. The highest BCUT2D eigenvalue weighted by molar-refractivity contribution is 6.04. The Labute approximate surface area is 235 Å². The number of morpholine rings is 1. The van der Waals surface area contributed by atoms with Crippen LogP contribution < -0.4 is 16.0 Å². The first-order chi connectivity index (χ1) is 19.8. The van der Waals surface area contributed by atoms with Crippen molar-refractivity contribution in [3.8, 4) is 5.69 Å². The van der Waals surface area contributed by atoms with Crippen LogP contribution in [0.15, 0.2) is 73.2 Å². The molecule has 1 fully saturated rings. The third kappa shape index (κ3) is 7.21. The quantitative estimate of drug-likeness (QED) is 0.252. The standard InChI is InChI=1S/C29H30F3N7O2/c1-20-5-6-23(36-27(40)21-3-2-4-22(17-21)29(30,31)32)18-25(20)37-28-35-10-12-39(28)24-7-8-33-26(19-24)34-9-11-38-13-15-41-16-14-38/h2-8,10,12,17-19H,9,11,13-16H2,1H3,(H,33,34)(H,35,37)(H,36,40). The molecule has 0 bridgehead atoms. The number of pyridine rings is 1. The second kappa shape index (κ2) is 12.4. The molecular formula is C29H30F3N7O2. The molecule has 3 N–H and O–H groups in total. The van der Waals surface area contributed by atoms with Crippen LogP contribution in [-0.2, 0) is 10.9 Å². The minimum absolute atomic E-state index is 0.0856. The highest BCUT2D eigenvalue weighted by atomic mass is 19.4. The van der Waals surface area contributed by atoms with E-state index in [1.165, 1.54) is 12.1 Å². The summed E-state index contributed by atoms with van der Waals surface area (Å²) in [6, 6.07) is 13.3. The number of alkyl halides is 3. The summed E-state index contributed by atoms with van der Waals surface area (Å²) in [4.78, 5) is 23.9. The number of rotatable bonds is 9. The lowest BCUT2D eigenvalue weighted by atomic mass is 10.1. The zero-order valence-electron chi connectivity index (χ0n) is 22.4. The van der Waals surface area contributed by atoms with Gasteiger partial charge in [-0.2, -0.15) is 13.2 Å². The molecule has 2 aromatic carbocycles. The van der Waals surface area contributed by atoms with Crippen molar-refractivity contribution in [1.29, 1.82) is 0 Å². The molecule has 9 nitrogen and oxygen atoms in total. The number of hydrogen-bond donors (Lipinski definition) is 3. The lowest BCUT2D eigenvalue weighted by molar-refractivity contribution is -0.137. The molecule has 41 heavy (non-hydrogen) atoms. The molecule has 1 saturated heterocycles. The molecule has 1 aliphatic heterocycles. The number of amides is 1. The Morgan fingerprint density at radius 1 is 1.02 bits per heavy atom. The number of carbonyl (C=O) groups is 1. The van der Waals surface area contributed by atoms with Gasteiger partial charge in [-0.25, -0.2) is 9.97 Å². The number of aromatic nitrogens is 3. The number of carbonyl (C=O) groups excluding carboxylic acids is 1. The first-order valence-corrected chi connectivity index (χ1v) is 13.2. The maximum Gasteiger partial charge on any atom is 0.416 e. The van der Waals surface area contributed by atoms with Crippen molar-refractivity contribution in [2.24, 2.45) is 0 Å². The van der Waals surface area contributed by atoms with Crippen molar-refractivity contribution in [1.82, 2.24) is 19.4 Å². The Morgan fingerprint density at radius 2 is 1.85 bits per heavy atom. The number of nitrogens with one attached hydrogen (secondary N) is 3. The summed E-state index contributed by atoms with van der Waals surface area (Å²) in [6.45, 7) is 6.92. The topological polar surface area (TPSA) is 96.3 Å². The number of benzene rings is 2. The molecule has 214 valence electrons. The maximum absolute atomic E-state index is 13.1. The normalized spacial score (nSPS) is 14.0. The Bertz CT molecular complexity index is 1500. The molecule has 4 aromatic rings. The van der Waals surface area contributed by atoms with Gasteiger partial charge in [0.25, 0.3) is 5.91 Å². The van der Waals surface area contributed by atoms with Crippen LogP contribution in [0.5, 0.6) is 0 Å². The molecule has 0 aliphatic carbocycles. The van der Waals surface area contributed by atoms with E-state index in [-0.39, 0.29) is 5.56 Å². The van der Waals surface area contributed by atoms with Crippen molar-refractivity contribution in [3.05, 3.63) is 89.9 Å². The first-order valence-electron chi connectivity index (χ1n) is 13.2. The average molecular weight is 566 g/mol. The minimum Gasteiger partial charge on any atom is -0.379 e. The van der Waals surface area contributed by atoms with Crippen LogP contribution in [0.1, 0.15) is 21.5 Å². The molecule has 0 radical (unpaired) electrons. The summed E-state index contributed by atoms with van der Waals surface area (Å²) in [7, 11) is 0. The molecule has 5 rings (SSSR count). The van der Waals surface area contributed by atoms with Gasteiger partial charge in [-0.05, 0) is 48.9 Å². The molecule has 2 aromatic heterocycles. The average Bonchev–Trinajstić information content (AvgIpc) is 3.43. The van der Waals surface area contributed by atoms with Crippen LogP contribution in [0.25, 0.3) is 5.69 Å². The van der Waals surface area contributed by atoms with Crippen molar-refractivity contribution in [2.75, 3.05) is 55.3 Å². The second-order valence-corrected chi connectivity index (χ2v) is 9.59. The minimum atomic E-state index is -4.53. The van der Waals surface area contributed by atoms with Gasteiger partial charge in [0, 0.05) is 67.8 Å². The smallest absolute Gasteiger partial charge is 0.379 e. The zero-order chi connectivity index (χ0) is 28.8. The van der Waals surface area contributed by atoms with Crippen LogP contribution in [0.4, 0.5) is 36.3 Å². The summed E-state index contributed by atoms with van der Waals surface area (Å²) in [6.07, 6.45) is 0.686. The van der Waals surface area contributed by atoms with Crippen LogP contribution in [0.3, 0.4) is 0 Å². The van der Waals surface area contributed by atoms with Gasteiger partial charge in [0.05, 0.1) is 24.5 Å². The highest BCUT2D eigenvalue weighted by Gasteiger charge is 2.31. The number of aryl methyl sites for hydroxylation is 1. The van der Waals surface area contributed by atoms with Gasteiger partial charge in [0.2, 0.25) is 5.95 Å². The lowest BCUT2D eigenvalue weighted by Gasteiger charge is -2.26. The van der Waals surface area contributed by atoms with Gasteiger partial charge < -0.3 is 20.7 Å². The fraction of sp³-hybridized carbons (Fsp3) is 0.276. The predicted molar refractivity (Wildman–Crippen MR) is 151 cm³/mol. The van der Waals surface area contributed by atoms with Gasteiger partial charge in [-0.1, -0.05) is 12.1 Å². The van der Waals surface area contributed by atoms with Gasteiger partial charge >= 0.3 is 6.18 Å². The summed E-state index contributed by atoms with van der Waals surface area (Å²) >= 11 is 0. The number of hydrogen-bond acceptors (Lipinski definition) is 7. The number of ether oxygens (including phenoxy) is 1. The molecule has 1 aliphatic rings. The summed E-state index contributed by atoms with van der Waals surface area (Å²) < 4.78 is 46.5. The Kier molecular flexibility index (Phi) is 8.50. The summed E-state index contributed by atoms with van der Waals surface area (Å²) in [5.41, 5.74) is 1.87. The molecule has 1 amide bonds. The number of imidazole rings is 1. The first kappa shape index (κ1) is 28.1. The van der Waals surface area contributed by atoms with Crippen LogP contribution in [0, 0.1) is 6.92 Å². The van der Waals surface area contributed by atoms with Crippen LogP contribution in [-0.4, -0.2) is 64.7 Å². The van der Waals surface area contributed by atoms with E-state index in [4.69, 9.17) is 4.74 Å². The largest absolute Gasteiger partial charge is 0.416 e. The second-order valence-electron chi connectivity index (χ2n) is 9.59. The molecule has 0 saturated carbocycles. The third-order valence-corrected chi connectivity index (χ3v) is 6.69. The van der Waals surface area contributed by atoms with Gasteiger partial charge in [-0.15, -0.1) is 0 Å². The predicted octanol–water partition coefficient (Wildman–Crippen LogP) is 5.33. The zero-order valence-corrected chi connectivity index (χ0v) is 22.4. The van der Waals surface area contributed by atoms with Gasteiger partial charge in [0.1, 0.15) is 5.82 Å². The fourth-order valence-corrected chi connectivity index (χ4v) is 4.43. The van der Waals surface area contributed by atoms with Crippen molar-refractivity contribution < 1.29 is 22.7 Å². The van der Waals surface area contributed by atoms with Gasteiger partial charge in [0.15, 0.2) is 0 Å². The summed E-state index contributed by atoms with van der Waals surface area (Å²) in [5, 5.41) is 9.35.